The topological polar surface area (TPSA) is 9.86 Å². The zero-order valence-electron chi connectivity index (χ0n) is 30.1. The molecule has 2 nitrogen and oxygen atoms in total. The second-order valence-corrected chi connectivity index (χ2v) is 15.0. The number of rotatable bonds is 4. The van der Waals surface area contributed by atoms with Crippen LogP contribution in [0, 0.1) is 0 Å². The van der Waals surface area contributed by atoms with E-state index in [1.54, 1.807) is 0 Å². The van der Waals surface area contributed by atoms with Gasteiger partial charge in [-0.25, -0.2) is 0 Å². The van der Waals surface area contributed by atoms with Crippen LogP contribution in [0.2, 0.25) is 0 Å². The Bertz CT molecular complexity index is 3340. The fraction of sp³-hybridized carbons (Fsp3) is 0.0189. The van der Waals surface area contributed by atoms with Gasteiger partial charge in [0.15, 0.2) is 0 Å². The Balaban J connectivity index is 1.06. The standard InChI is InChI=1S/C53H34N2/c1-2-11-34(12-3-1)37-16-10-17-42(28-37)54-50-20-9-8-19-45(50)47-30-38(22-25-51(47)54)39-23-26-52-48(31-39)49-33-46-41(27-40-15-6-7-18-44(40)46)32-53(49)55(52)43-24-21-35-13-4-5-14-36(35)29-43/h1-26,28-33H,27H2. The van der Waals surface area contributed by atoms with E-state index in [1.807, 2.05) is 0 Å². The summed E-state index contributed by atoms with van der Waals surface area (Å²) < 4.78 is 4.89. The van der Waals surface area contributed by atoms with Crippen molar-refractivity contribution in [3.63, 3.8) is 0 Å². The first kappa shape index (κ1) is 30.3. The van der Waals surface area contributed by atoms with Gasteiger partial charge in [0.1, 0.15) is 0 Å². The van der Waals surface area contributed by atoms with Gasteiger partial charge in [0.25, 0.3) is 0 Å². The summed E-state index contributed by atoms with van der Waals surface area (Å²) in [5.41, 5.74) is 17.6. The summed E-state index contributed by atoms with van der Waals surface area (Å²) in [6, 6.07) is 71.8. The van der Waals surface area contributed by atoms with Crippen LogP contribution in [0.1, 0.15) is 11.1 Å². The molecule has 256 valence electrons. The van der Waals surface area contributed by atoms with Gasteiger partial charge < -0.3 is 9.13 Å². The maximum absolute atomic E-state index is 2.48. The summed E-state index contributed by atoms with van der Waals surface area (Å²) in [7, 11) is 0. The van der Waals surface area contributed by atoms with Gasteiger partial charge in [0, 0.05) is 32.9 Å². The third-order valence-electron chi connectivity index (χ3n) is 11.9. The van der Waals surface area contributed by atoms with Crippen molar-refractivity contribution < 1.29 is 0 Å². The Morgan fingerprint density at radius 1 is 0.291 bits per heavy atom. The van der Waals surface area contributed by atoms with Gasteiger partial charge in [-0.2, -0.15) is 0 Å². The van der Waals surface area contributed by atoms with Gasteiger partial charge in [-0.15, -0.1) is 0 Å². The fourth-order valence-corrected chi connectivity index (χ4v) is 9.31. The monoisotopic (exact) mass is 698 g/mol. The van der Waals surface area contributed by atoms with Crippen LogP contribution in [0.4, 0.5) is 0 Å². The van der Waals surface area contributed by atoms with Gasteiger partial charge in [-0.1, -0.05) is 127 Å². The Labute approximate surface area is 318 Å². The van der Waals surface area contributed by atoms with E-state index in [-0.39, 0.29) is 0 Å². The van der Waals surface area contributed by atoms with Crippen LogP contribution < -0.4 is 0 Å². The number of fused-ring (bicyclic) bond motifs is 10. The molecule has 55 heavy (non-hydrogen) atoms. The number of nitrogens with zero attached hydrogens (tertiary/aromatic N) is 2. The SMILES string of the molecule is c1ccc(-c2cccc(-n3c4ccccc4c4cc(-c5ccc6c(c5)c5cc7c(cc5n6-c5ccc6ccccc6c5)Cc5ccccc5-7)ccc43)c2)cc1. The van der Waals surface area contributed by atoms with E-state index in [4.69, 9.17) is 0 Å². The minimum absolute atomic E-state index is 0.968. The largest absolute Gasteiger partial charge is 0.309 e. The first-order chi connectivity index (χ1) is 27.2. The number of hydrogen-bond acceptors (Lipinski definition) is 0. The Morgan fingerprint density at radius 2 is 0.909 bits per heavy atom. The Morgan fingerprint density at radius 3 is 1.76 bits per heavy atom. The molecule has 2 aromatic heterocycles. The van der Waals surface area contributed by atoms with E-state index in [0.29, 0.717) is 0 Å². The molecule has 9 aromatic carbocycles. The molecule has 2 heterocycles. The average Bonchev–Trinajstić information content (AvgIpc) is 3.89. The van der Waals surface area contributed by atoms with Crippen molar-refractivity contribution in [2.45, 2.75) is 6.42 Å². The molecule has 0 spiro atoms. The molecule has 0 unspecified atom stereocenters. The third kappa shape index (κ3) is 4.62. The van der Waals surface area contributed by atoms with Crippen molar-refractivity contribution in [1.29, 1.82) is 0 Å². The third-order valence-corrected chi connectivity index (χ3v) is 11.9. The van der Waals surface area contributed by atoms with Crippen molar-refractivity contribution in [3.8, 4) is 44.8 Å². The average molecular weight is 699 g/mol. The smallest absolute Gasteiger partial charge is 0.0544 e. The molecule has 0 aliphatic heterocycles. The second-order valence-electron chi connectivity index (χ2n) is 15.0. The van der Waals surface area contributed by atoms with E-state index >= 15 is 0 Å². The molecule has 2 heteroatoms. The maximum Gasteiger partial charge on any atom is 0.0544 e. The molecule has 1 aliphatic carbocycles. The van der Waals surface area contributed by atoms with E-state index in [0.717, 1.165) is 12.1 Å². The minimum atomic E-state index is 0.968. The highest BCUT2D eigenvalue weighted by molar-refractivity contribution is 6.14. The van der Waals surface area contributed by atoms with E-state index < -0.39 is 0 Å². The van der Waals surface area contributed by atoms with Crippen molar-refractivity contribution in [3.05, 3.63) is 205 Å². The van der Waals surface area contributed by atoms with Crippen molar-refractivity contribution >= 4 is 54.4 Å². The van der Waals surface area contributed by atoms with Crippen LogP contribution in [-0.2, 0) is 6.42 Å². The molecule has 0 N–H and O–H groups in total. The van der Waals surface area contributed by atoms with Crippen LogP contribution >= 0.6 is 0 Å². The van der Waals surface area contributed by atoms with Gasteiger partial charge in [-0.05, 0) is 128 Å². The Kier molecular flexibility index (Phi) is 6.43. The zero-order valence-corrected chi connectivity index (χ0v) is 30.1. The molecular formula is C53H34N2. The zero-order chi connectivity index (χ0) is 36.0. The van der Waals surface area contributed by atoms with Gasteiger partial charge in [0.2, 0.25) is 0 Å². The van der Waals surface area contributed by atoms with Crippen LogP contribution in [-0.4, -0.2) is 9.13 Å². The normalized spacial score (nSPS) is 12.3. The van der Waals surface area contributed by atoms with E-state index in [9.17, 15) is 0 Å². The van der Waals surface area contributed by atoms with Crippen molar-refractivity contribution in [2.75, 3.05) is 0 Å². The number of aromatic nitrogens is 2. The lowest BCUT2D eigenvalue weighted by molar-refractivity contribution is 1.18. The predicted molar refractivity (Wildman–Crippen MR) is 232 cm³/mol. The predicted octanol–water partition coefficient (Wildman–Crippen LogP) is 13.9. The van der Waals surface area contributed by atoms with E-state index in [1.165, 1.54) is 105 Å². The number of hydrogen-bond donors (Lipinski definition) is 0. The lowest BCUT2D eigenvalue weighted by Crippen LogP contribution is -1.95. The molecule has 0 atom stereocenters. The quantitative estimate of drug-likeness (QED) is 0.173. The Hall–Kier alpha value is -7.16. The summed E-state index contributed by atoms with van der Waals surface area (Å²) in [6.45, 7) is 0. The molecule has 0 saturated carbocycles. The fourth-order valence-electron chi connectivity index (χ4n) is 9.31. The van der Waals surface area contributed by atoms with Crippen LogP contribution in [0.25, 0.3) is 99.1 Å². The molecular weight excluding hydrogens is 665 g/mol. The minimum Gasteiger partial charge on any atom is -0.309 e. The van der Waals surface area contributed by atoms with Crippen LogP contribution in [0.15, 0.2) is 194 Å². The van der Waals surface area contributed by atoms with Gasteiger partial charge in [-0.3, -0.25) is 0 Å². The first-order valence-electron chi connectivity index (χ1n) is 19.1. The summed E-state index contributed by atoms with van der Waals surface area (Å²) in [4.78, 5) is 0. The van der Waals surface area contributed by atoms with Crippen LogP contribution in [0.3, 0.4) is 0 Å². The molecule has 0 amide bonds. The molecule has 0 radical (unpaired) electrons. The van der Waals surface area contributed by atoms with Gasteiger partial charge >= 0.3 is 0 Å². The van der Waals surface area contributed by atoms with Crippen molar-refractivity contribution in [2.24, 2.45) is 0 Å². The summed E-state index contributed by atoms with van der Waals surface area (Å²) in [6.07, 6.45) is 0.968. The highest BCUT2D eigenvalue weighted by Gasteiger charge is 2.23. The molecule has 0 saturated heterocycles. The highest BCUT2D eigenvalue weighted by atomic mass is 15.0. The summed E-state index contributed by atoms with van der Waals surface area (Å²) >= 11 is 0. The highest BCUT2D eigenvalue weighted by Crippen LogP contribution is 2.44. The summed E-state index contributed by atoms with van der Waals surface area (Å²) in [5, 5.41) is 7.58. The number of benzene rings is 9. The molecule has 0 bridgehead atoms. The molecule has 0 fully saturated rings. The number of para-hydroxylation sites is 1. The van der Waals surface area contributed by atoms with Crippen molar-refractivity contribution in [1.82, 2.24) is 9.13 Å². The second kappa shape index (κ2) is 11.7. The van der Waals surface area contributed by atoms with Gasteiger partial charge in [0.05, 0.1) is 22.1 Å². The molecule has 11 aromatic rings. The first-order valence-corrected chi connectivity index (χ1v) is 19.1. The molecule has 12 rings (SSSR count). The van der Waals surface area contributed by atoms with Crippen LogP contribution in [0.5, 0.6) is 0 Å². The van der Waals surface area contributed by atoms with E-state index in [2.05, 4.69) is 203 Å². The lowest BCUT2D eigenvalue weighted by atomic mass is 9.99. The lowest BCUT2D eigenvalue weighted by Gasteiger charge is -2.11. The molecule has 1 aliphatic rings. The maximum atomic E-state index is 2.48. The summed E-state index contributed by atoms with van der Waals surface area (Å²) in [5.74, 6) is 0.